The van der Waals surface area contributed by atoms with Crippen LogP contribution in [0, 0.1) is 0 Å². The SMILES string of the molecule is COC(=O)c1cccc(C(=O)Nc2ccc(C(=O)Nc3nccs3)cc2)c1. The molecular weight excluding hydrogens is 366 g/mol. The van der Waals surface area contributed by atoms with Crippen molar-refractivity contribution in [2.24, 2.45) is 0 Å². The highest BCUT2D eigenvalue weighted by molar-refractivity contribution is 7.13. The van der Waals surface area contributed by atoms with Gasteiger partial charge >= 0.3 is 5.97 Å². The number of methoxy groups -OCH3 is 1. The van der Waals surface area contributed by atoms with E-state index in [1.54, 1.807) is 54.0 Å². The van der Waals surface area contributed by atoms with Crippen molar-refractivity contribution in [1.29, 1.82) is 0 Å². The Bertz CT molecular complexity index is 969. The molecule has 2 aromatic carbocycles. The van der Waals surface area contributed by atoms with Gasteiger partial charge in [-0.25, -0.2) is 9.78 Å². The number of ether oxygens (including phenoxy) is 1. The largest absolute Gasteiger partial charge is 0.465 e. The van der Waals surface area contributed by atoms with Crippen LogP contribution in [0.4, 0.5) is 10.8 Å². The van der Waals surface area contributed by atoms with Crippen LogP contribution in [-0.4, -0.2) is 29.9 Å². The van der Waals surface area contributed by atoms with Gasteiger partial charge in [0.05, 0.1) is 12.7 Å². The fraction of sp³-hybridized carbons (Fsp3) is 0.0526. The van der Waals surface area contributed by atoms with Gasteiger partial charge in [-0.3, -0.25) is 14.9 Å². The van der Waals surface area contributed by atoms with Gasteiger partial charge < -0.3 is 10.1 Å². The van der Waals surface area contributed by atoms with E-state index in [1.807, 2.05) is 0 Å². The highest BCUT2D eigenvalue weighted by atomic mass is 32.1. The Balaban J connectivity index is 1.66. The van der Waals surface area contributed by atoms with Gasteiger partial charge in [-0.2, -0.15) is 0 Å². The molecule has 7 nitrogen and oxygen atoms in total. The summed E-state index contributed by atoms with van der Waals surface area (Å²) in [4.78, 5) is 40.0. The van der Waals surface area contributed by atoms with Crippen LogP contribution in [0.2, 0.25) is 0 Å². The third-order valence-corrected chi connectivity index (χ3v) is 4.29. The molecule has 0 atom stereocenters. The maximum Gasteiger partial charge on any atom is 0.337 e. The molecule has 0 fully saturated rings. The van der Waals surface area contributed by atoms with E-state index in [1.165, 1.54) is 24.5 Å². The van der Waals surface area contributed by atoms with Crippen LogP contribution in [0.1, 0.15) is 31.1 Å². The number of carbonyl (C=O) groups is 3. The zero-order valence-corrected chi connectivity index (χ0v) is 15.1. The number of hydrogen-bond acceptors (Lipinski definition) is 6. The van der Waals surface area contributed by atoms with Crippen LogP contribution in [0.15, 0.2) is 60.1 Å². The Morgan fingerprint density at radius 1 is 0.926 bits per heavy atom. The molecule has 3 aromatic rings. The van der Waals surface area contributed by atoms with E-state index in [-0.39, 0.29) is 11.8 Å². The average Bonchev–Trinajstić information content (AvgIpc) is 3.21. The number of nitrogens with one attached hydrogen (secondary N) is 2. The molecule has 0 unspecified atom stereocenters. The number of rotatable bonds is 5. The van der Waals surface area contributed by atoms with Crippen molar-refractivity contribution in [1.82, 2.24) is 4.98 Å². The smallest absolute Gasteiger partial charge is 0.337 e. The van der Waals surface area contributed by atoms with Gasteiger partial charge in [0.15, 0.2) is 5.13 Å². The number of anilines is 2. The highest BCUT2D eigenvalue weighted by Gasteiger charge is 2.12. The van der Waals surface area contributed by atoms with Crippen LogP contribution < -0.4 is 10.6 Å². The van der Waals surface area contributed by atoms with Crippen molar-refractivity contribution in [3.05, 3.63) is 76.8 Å². The summed E-state index contributed by atoms with van der Waals surface area (Å²) in [6.45, 7) is 0. The molecule has 1 heterocycles. The summed E-state index contributed by atoms with van der Waals surface area (Å²) in [5.74, 6) is -1.17. The molecule has 0 bridgehead atoms. The van der Waals surface area contributed by atoms with Crippen molar-refractivity contribution in [2.45, 2.75) is 0 Å². The van der Waals surface area contributed by atoms with Crippen molar-refractivity contribution in [2.75, 3.05) is 17.7 Å². The monoisotopic (exact) mass is 381 g/mol. The number of hydrogen-bond donors (Lipinski definition) is 2. The fourth-order valence-corrected chi connectivity index (χ4v) is 2.79. The molecule has 27 heavy (non-hydrogen) atoms. The number of carbonyl (C=O) groups excluding carboxylic acids is 3. The van der Waals surface area contributed by atoms with E-state index in [4.69, 9.17) is 0 Å². The molecule has 0 aliphatic carbocycles. The molecule has 8 heteroatoms. The summed E-state index contributed by atoms with van der Waals surface area (Å²) in [6.07, 6.45) is 1.61. The molecule has 0 aliphatic heterocycles. The number of nitrogens with zero attached hydrogens (tertiary/aromatic N) is 1. The fourth-order valence-electron chi connectivity index (χ4n) is 2.27. The summed E-state index contributed by atoms with van der Waals surface area (Å²) in [5.41, 5.74) is 1.58. The minimum Gasteiger partial charge on any atom is -0.465 e. The lowest BCUT2D eigenvalue weighted by Gasteiger charge is -2.07. The second-order valence-corrected chi connectivity index (χ2v) is 6.29. The van der Waals surface area contributed by atoms with Crippen molar-refractivity contribution >= 4 is 39.9 Å². The molecule has 2 N–H and O–H groups in total. The van der Waals surface area contributed by atoms with Crippen LogP contribution in [0.5, 0.6) is 0 Å². The number of amides is 2. The van der Waals surface area contributed by atoms with E-state index >= 15 is 0 Å². The molecule has 2 amide bonds. The zero-order chi connectivity index (χ0) is 19.2. The third kappa shape index (κ3) is 4.56. The van der Waals surface area contributed by atoms with Crippen molar-refractivity contribution in [3.63, 3.8) is 0 Å². The first-order valence-corrected chi connectivity index (χ1v) is 8.75. The summed E-state index contributed by atoms with van der Waals surface area (Å²) in [5, 5.41) is 7.69. The van der Waals surface area contributed by atoms with Crippen LogP contribution in [-0.2, 0) is 4.74 Å². The van der Waals surface area contributed by atoms with E-state index in [9.17, 15) is 14.4 Å². The summed E-state index contributed by atoms with van der Waals surface area (Å²) in [6, 6.07) is 12.7. The Morgan fingerprint density at radius 3 is 2.30 bits per heavy atom. The Morgan fingerprint density at radius 2 is 1.63 bits per heavy atom. The van der Waals surface area contributed by atoms with Crippen LogP contribution in [0.3, 0.4) is 0 Å². The normalized spacial score (nSPS) is 10.1. The number of esters is 1. The molecule has 3 rings (SSSR count). The van der Waals surface area contributed by atoms with Crippen molar-refractivity contribution in [3.8, 4) is 0 Å². The quantitative estimate of drug-likeness (QED) is 0.660. The molecule has 0 saturated carbocycles. The predicted molar refractivity (Wildman–Crippen MR) is 102 cm³/mol. The summed E-state index contributed by atoms with van der Waals surface area (Å²) in [7, 11) is 1.28. The lowest BCUT2D eigenvalue weighted by Crippen LogP contribution is -2.14. The Kier molecular flexibility index (Phi) is 5.58. The second kappa shape index (κ2) is 8.24. The topological polar surface area (TPSA) is 97.4 Å². The van der Waals surface area contributed by atoms with Crippen LogP contribution >= 0.6 is 11.3 Å². The maximum absolute atomic E-state index is 12.4. The third-order valence-electron chi connectivity index (χ3n) is 3.60. The first kappa shape index (κ1) is 18.3. The number of benzene rings is 2. The van der Waals surface area contributed by atoms with Gasteiger partial charge in [0.2, 0.25) is 0 Å². The molecule has 0 radical (unpaired) electrons. The zero-order valence-electron chi connectivity index (χ0n) is 14.3. The standard InChI is InChI=1S/C19H15N3O4S/c1-26-18(25)14-4-2-3-13(11-14)17(24)21-15-7-5-12(6-8-15)16(23)22-19-20-9-10-27-19/h2-11H,1H3,(H,21,24)(H,20,22,23). The highest BCUT2D eigenvalue weighted by Crippen LogP contribution is 2.15. The second-order valence-electron chi connectivity index (χ2n) is 5.40. The van der Waals surface area contributed by atoms with Gasteiger partial charge in [-0.1, -0.05) is 6.07 Å². The van der Waals surface area contributed by atoms with E-state index in [2.05, 4.69) is 20.4 Å². The van der Waals surface area contributed by atoms with Gasteiger partial charge in [-0.05, 0) is 42.5 Å². The lowest BCUT2D eigenvalue weighted by molar-refractivity contribution is 0.0600. The lowest BCUT2D eigenvalue weighted by atomic mass is 10.1. The molecular formula is C19H15N3O4S. The number of thiazole rings is 1. The van der Waals surface area contributed by atoms with Gasteiger partial charge in [-0.15, -0.1) is 11.3 Å². The predicted octanol–water partition coefficient (Wildman–Crippen LogP) is 3.43. The molecule has 1 aromatic heterocycles. The van der Waals surface area contributed by atoms with E-state index in [0.29, 0.717) is 27.5 Å². The molecule has 0 saturated heterocycles. The first-order valence-electron chi connectivity index (χ1n) is 7.87. The molecule has 0 aliphatic rings. The Hall–Kier alpha value is -3.52. The first-order chi connectivity index (χ1) is 13.1. The maximum atomic E-state index is 12.4. The van der Waals surface area contributed by atoms with Crippen molar-refractivity contribution < 1.29 is 19.1 Å². The van der Waals surface area contributed by atoms with Crippen LogP contribution in [0.25, 0.3) is 0 Å². The molecule has 0 spiro atoms. The Labute approximate surface area is 159 Å². The van der Waals surface area contributed by atoms with Gasteiger partial charge in [0, 0.05) is 28.4 Å². The van der Waals surface area contributed by atoms with E-state index in [0.717, 1.165) is 0 Å². The summed E-state index contributed by atoms with van der Waals surface area (Å²) < 4.78 is 4.65. The summed E-state index contributed by atoms with van der Waals surface area (Å²) >= 11 is 1.33. The van der Waals surface area contributed by atoms with Gasteiger partial charge in [0.1, 0.15) is 0 Å². The number of aromatic nitrogens is 1. The average molecular weight is 381 g/mol. The van der Waals surface area contributed by atoms with Gasteiger partial charge in [0.25, 0.3) is 11.8 Å². The van der Waals surface area contributed by atoms with E-state index < -0.39 is 5.97 Å². The molecule has 136 valence electrons. The minimum absolute atomic E-state index is 0.284. The minimum atomic E-state index is -0.514.